The fourth-order valence-corrected chi connectivity index (χ4v) is 3.71. The molecule has 170 valence electrons. The smallest absolute Gasteiger partial charge is 0.326 e. The largest absolute Gasteiger partial charge is 0.480 e. The molecular weight excluding hydrogens is 446 g/mol. The van der Waals surface area contributed by atoms with E-state index in [1.54, 1.807) is 18.1 Å². The highest BCUT2D eigenvalue weighted by Gasteiger charge is 2.22. The second kappa shape index (κ2) is 10.6. The van der Waals surface area contributed by atoms with Gasteiger partial charge < -0.3 is 15.3 Å². The lowest BCUT2D eigenvalue weighted by Gasteiger charge is -2.29. The van der Waals surface area contributed by atoms with Crippen molar-refractivity contribution in [3.8, 4) is 0 Å². The molecule has 1 amide bonds. The third-order valence-electron chi connectivity index (χ3n) is 4.58. The Hall–Kier alpha value is -2.64. The zero-order valence-corrected chi connectivity index (χ0v) is 18.9. The quantitative estimate of drug-likeness (QED) is 0.205. The number of nitrogens with zero attached hydrogens (tertiary/aromatic N) is 4. The molecule has 1 unspecified atom stereocenters. The highest BCUT2D eigenvalue weighted by atomic mass is 32.2. The number of aryl methyl sites for hydroxylation is 2. The van der Waals surface area contributed by atoms with Gasteiger partial charge in [-0.3, -0.25) is 9.35 Å². The van der Waals surface area contributed by atoms with Gasteiger partial charge >= 0.3 is 5.97 Å². The highest BCUT2D eigenvalue weighted by molar-refractivity contribution is 7.85. The molecule has 0 aliphatic heterocycles. The highest BCUT2D eigenvalue weighted by Crippen LogP contribution is 2.20. The first-order valence-corrected chi connectivity index (χ1v) is 11.3. The van der Waals surface area contributed by atoms with E-state index in [0.29, 0.717) is 23.8 Å². The van der Waals surface area contributed by atoms with Crippen LogP contribution in [0.4, 0.5) is 5.69 Å². The number of aromatic nitrogens is 3. The van der Waals surface area contributed by atoms with Gasteiger partial charge in [-0.15, -0.1) is 4.68 Å². The van der Waals surface area contributed by atoms with E-state index in [9.17, 15) is 23.1 Å². The van der Waals surface area contributed by atoms with Gasteiger partial charge in [-0.25, -0.2) is 9.36 Å². The Morgan fingerprint density at radius 3 is 2.48 bits per heavy atom. The zero-order valence-electron chi connectivity index (χ0n) is 17.2. The van der Waals surface area contributed by atoms with Crippen molar-refractivity contribution in [3.63, 3.8) is 0 Å². The number of hydrogen-bond donors (Lipinski definition) is 4. The number of carbonyl (C=O) groups excluding carboxylic acids is 1. The van der Waals surface area contributed by atoms with Gasteiger partial charge in [0.05, 0.1) is 11.4 Å². The summed E-state index contributed by atoms with van der Waals surface area (Å²) in [6, 6.07) is 4.28. The molecule has 0 saturated carbocycles. The van der Waals surface area contributed by atoms with Gasteiger partial charge in [-0.2, -0.15) is 8.42 Å². The van der Waals surface area contributed by atoms with Crippen molar-refractivity contribution in [1.29, 1.82) is 0 Å². The van der Waals surface area contributed by atoms with Crippen molar-refractivity contribution in [3.05, 3.63) is 30.6 Å². The maximum atomic E-state index is 12.1. The molecule has 31 heavy (non-hydrogen) atoms. The molecule has 2 rings (SSSR count). The number of carboxylic acid groups (broad SMARTS) is 1. The molecular formula is C18H26N5O6S2+. The molecule has 0 bridgehead atoms. The van der Waals surface area contributed by atoms with E-state index in [1.807, 2.05) is 4.57 Å². The van der Waals surface area contributed by atoms with Crippen molar-refractivity contribution in [2.45, 2.75) is 42.4 Å². The van der Waals surface area contributed by atoms with Crippen LogP contribution in [0.3, 0.4) is 0 Å². The summed E-state index contributed by atoms with van der Waals surface area (Å²) < 4.78 is 34.9. The Morgan fingerprint density at radius 2 is 1.97 bits per heavy atom. The first kappa shape index (κ1) is 24.6. The topological polar surface area (TPSA) is 146 Å². The van der Waals surface area contributed by atoms with Gasteiger partial charge in [0, 0.05) is 25.2 Å². The SMILES string of the molecule is CC(C(=O)O)N(CCNC(=O)CCCn1c[n+](C)nc1S)c1ccc(S(=O)(=O)O)cc1. The second-order valence-corrected chi connectivity index (χ2v) is 8.73. The van der Waals surface area contributed by atoms with Crippen LogP contribution in [0.15, 0.2) is 40.6 Å². The maximum Gasteiger partial charge on any atom is 0.326 e. The fourth-order valence-electron chi connectivity index (χ4n) is 2.94. The molecule has 11 nitrogen and oxygen atoms in total. The molecule has 0 fully saturated rings. The van der Waals surface area contributed by atoms with Crippen LogP contribution < -0.4 is 14.9 Å². The minimum Gasteiger partial charge on any atom is -0.480 e. The van der Waals surface area contributed by atoms with E-state index in [2.05, 4.69) is 23.0 Å². The van der Waals surface area contributed by atoms with Gasteiger partial charge in [0.2, 0.25) is 5.91 Å². The summed E-state index contributed by atoms with van der Waals surface area (Å²) in [5.74, 6) is -1.24. The number of aliphatic carboxylic acids is 1. The molecule has 1 aromatic carbocycles. The van der Waals surface area contributed by atoms with Gasteiger partial charge in [0.25, 0.3) is 21.6 Å². The van der Waals surface area contributed by atoms with E-state index >= 15 is 0 Å². The third kappa shape index (κ3) is 7.22. The van der Waals surface area contributed by atoms with Gasteiger partial charge in [-0.1, -0.05) is 12.6 Å². The average Bonchev–Trinajstić information content (AvgIpc) is 3.01. The standard InChI is InChI=1S/C18H25N5O6S2/c1-13(17(25)26)23(14-5-7-15(8-6-14)31(27,28)29)11-9-19-16(24)4-3-10-22-12-21(2)20-18(22)30/h5-8,12-13H,3-4,9-11H2,1-2H3,(H3-,19,20,24,25,26,27,28,29,30)/p+1. The monoisotopic (exact) mass is 472 g/mol. The fraction of sp³-hybridized carbons (Fsp3) is 0.444. The number of nitrogens with one attached hydrogen (secondary N) is 1. The van der Waals surface area contributed by atoms with Crippen LogP contribution in [0, 0.1) is 0 Å². The van der Waals surface area contributed by atoms with Crippen molar-refractivity contribution < 1.29 is 32.3 Å². The molecule has 0 spiro atoms. The first-order valence-electron chi connectivity index (χ1n) is 9.45. The normalized spacial score (nSPS) is 12.4. The molecule has 0 aliphatic rings. The molecule has 1 aromatic heterocycles. The summed E-state index contributed by atoms with van der Waals surface area (Å²) in [4.78, 5) is 24.8. The third-order valence-corrected chi connectivity index (χ3v) is 5.79. The Bertz CT molecular complexity index is 1020. The van der Waals surface area contributed by atoms with Crippen LogP contribution >= 0.6 is 12.6 Å². The minimum atomic E-state index is -4.34. The van der Waals surface area contributed by atoms with Crippen molar-refractivity contribution >= 4 is 40.3 Å². The summed E-state index contributed by atoms with van der Waals surface area (Å²) in [5.41, 5.74) is 0.450. The molecule has 1 atom stereocenters. The number of anilines is 1. The van der Waals surface area contributed by atoms with Gasteiger partial charge in [0.1, 0.15) is 13.1 Å². The number of hydrogen-bond acceptors (Lipinski definition) is 7. The molecule has 1 heterocycles. The number of rotatable bonds is 11. The van der Waals surface area contributed by atoms with E-state index in [1.165, 1.54) is 36.1 Å². The van der Waals surface area contributed by atoms with Crippen molar-refractivity contribution in [2.24, 2.45) is 7.05 Å². The van der Waals surface area contributed by atoms with E-state index in [0.717, 1.165) is 0 Å². The van der Waals surface area contributed by atoms with Crippen molar-refractivity contribution in [1.82, 2.24) is 15.0 Å². The van der Waals surface area contributed by atoms with Crippen LogP contribution in [-0.2, 0) is 33.3 Å². The summed E-state index contributed by atoms with van der Waals surface area (Å²) in [6.45, 7) is 2.47. The lowest BCUT2D eigenvalue weighted by molar-refractivity contribution is -0.730. The lowest BCUT2D eigenvalue weighted by Crippen LogP contribution is -2.43. The molecule has 0 radical (unpaired) electrons. The second-order valence-electron chi connectivity index (χ2n) is 6.91. The molecule has 13 heteroatoms. The van der Waals surface area contributed by atoms with Crippen LogP contribution in [-0.4, -0.2) is 58.8 Å². The Morgan fingerprint density at radius 1 is 1.32 bits per heavy atom. The number of carboxylic acids is 1. The Kier molecular flexibility index (Phi) is 8.42. The maximum absolute atomic E-state index is 12.1. The summed E-state index contributed by atoms with van der Waals surface area (Å²) >= 11 is 4.24. The van der Waals surface area contributed by atoms with E-state index < -0.39 is 22.1 Å². The van der Waals surface area contributed by atoms with Gasteiger partial charge in [-0.05, 0) is 42.7 Å². The Labute approximate surface area is 185 Å². The molecule has 2 aromatic rings. The summed E-state index contributed by atoms with van der Waals surface area (Å²) in [5, 5.41) is 16.8. The molecule has 0 saturated heterocycles. The van der Waals surface area contributed by atoms with Crippen molar-refractivity contribution in [2.75, 3.05) is 18.0 Å². The summed E-state index contributed by atoms with van der Waals surface area (Å²) in [6.07, 6.45) is 2.65. The minimum absolute atomic E-state index is 0.171. The molecule has 0 aliphatic carbocycles. The predicted octanol–water partition coefficient (Wildman–Crippen LogP) is 0.119. The predicted molar refractivity (Wildman–Crippen MR) is 114 cm³/mol. The number of benzene rings is 1. The van der Waals surface area contributed by atoms with Crippen LogP contribution in [0.1, 0.15) is 19.8 Å². The van der Waals surface area contributed by atoms with E-state index in [4.69, 9.17) is 4.55 Å². The average molecular weight is 473 g/mol. The number of thiol groups is 1. The number of amides is 1. The Balaban J connectivity index is 1.91. The zero-order chi connectivity index (χ0) is 23.2. The first-order chi connectivity index (χ1) is 14.5. The van der Waals surface area contributed by atoms with Crippen LogP contribution in [0.2, 0.25) is 0 Å². The van der Waals surface area contributed by atoms with Gasteiger partial charge in [0.15, 0.2) is 0 Å². The molecule has 3 N–H and O–H groups in total. The van der Waals surface area contributed by atoms with Crippen LogP contribution in [0.5, 0.6) is 0 Å². The van der Waals surface area contributed by atoms with Crippen LogP contribution in [0.25, 0.3) is 0 Å². The lowest BCUT2D eigenvalue weighted by atomic mass is 10.2. The van der Waals surface area contributed by atoms with E-state index in [-0.39, 0.29) is 30.3 Å². The number of carbonyl (C=O) groups is 2. The summed E-state index contributed by atoms with van der Waals surface area (Å²) in [7, 11) is -2.56.